The minimum atomic E-state index is -1.02. The fourth-order valence-electron chi connectivity index (χ4n) is 1.97. The topological polar surface area (TPSA) is 89.9 Å². The van der Waals surface area contributed by atoms with Crippen molar-refractivity contribution in [2.24, 2.45) is 5.92 Å². The third-order valence-corrected chi connectivity index (χ3v) is 4.06. The van der Waals surface area contributed by atoms with Crippen LogP contribution in [0.5, 0.6) is 0 Å². The molecule has 2 amide bonds. The third kappa shape index (κ3) is 4.91. The fraction of sp³-hybridized carbons (Fsp3) is 0.833. The Morgan fingerprint density at radius 1 is 1.53 bits per heavy atom. The van der Waals surface area contributed by atoms with E-state index in [0.717, 1.165) is 6.42 Å². The number of hydrogen-bond donors (Lipinski definition) is 3. The molecule has 3 unspecified atom stereocenters. The second-order valence-electron chi connectivity index (χ2n) is 4.90. The van der Waals surface area contributed by atoms with Crippen LogP contribution in [0.3, 0.4) is 0 Å². The molecule has 0 radical (unpaired) electrons. The molecular weight excluding hydrogens is 268 g/mol. The first kappa shape index (κ1) is 16.1. The van der Waals surface area contributed by atoms with E-state index >= 15 is 0 Å². The molecule has 110 valence electrons. The van der Waals surface area contributed by atoms with Gasteiger partial charge in [0.25, 0.3) is 0 Å². The average Bonchev–Trinajstić information content (AvgIpc) is 2.37. The molecule has 0 aromatic carbocycles. The van der Waals surface area contributed by atoms with Gasteiger partial charge in [-0.25, -0.2) is 9.59 Å². The molecule has 0 spiro atoms. The van der Waals surface area contributed by atoms with Gasteiger partial charge in [0.15, 0.2) is 0 Å². The summed E-state index contributed by atoms with van der Waals surface area (Å²) in [7, 11) is 0. The van der Waals surface area contributed by atoms with E-state index in [-0.39, 0.29) is 12.5 Å². The number of amides is 2. The third-order valence-electron chi connectivity index (χ3n) is 3.41. The van der Waals surface area contributed by atoms with Gasteiger partial charge in [-0.15, -0.1) is 0 Å². The molecule has 1 aliphatic heterocycles. The van der Waals surface area contributed by atoms with Gasteiger partial charge < -0.3 is 20.4 Å². The number of aliphatic hydroxyl groups excluding tert-OH is 1. The van der Waals surface area contributed by atoms with E-state index in [1.807, 2.05) is 13.2 Å². The molecule has 3 atom stereocenters. The van der Waals surface area contributed by atoms with E-state index in [1.165, 1.54) is 4.90 Å². The first-order chi connectivity index (χ1) is 8.95. The standard InChI is InChI=1S/C12H22N2O4S/c1-8-3-5-14(7-10(8)15)12(18)13-9(11(16)17)4-6-19-2/h8-10,15H,3-7H2,1-2H3,(H,13,18)(H,16,17). The lowest BCUT2D eigenvalue weighted by molar-refractivity contribution is -0.139. The van der Waals surface area contributed by atoms with Gasteiger partial charge >= 0.3 is 12.0 Å². The minimum absolute atomic E-state index is 0.177. The van der Waals surface area contributed by atoms with Gasteiger partial charge in [-0.1, -0.05) is 6.92 Å². The molecule has 0 aromatic rings. The minimum Gasteiger partial charge on any atom is -0.480 e. The number of aliphatic hydroxyl groups is 1. The predicted octanol–water partition coefficient (Wildman–Crippen LogP) is 0.605. The Labute approximate surface area is 117 Å². The Morgan fingerprint density at radius 2 is 2.21 bits per heavy atom. The average molecular weight is 290 g/mol. The summed E-state index contributed by atoms with van der Waals surface area (Å²) in [5.74, 6) is -0.166. The predicted molar refractivity (Wildman–Crippen MR) is 74.3 cm³/mol. The van der Waals surface area contributed by atoms with E-state index in [1.54, 1.807) is 11.8 Å². The summed E-state index contributed by atoms with van der Waals surface area (Å²) < 4.78 is 0. The molecule has 0 bridgehead atoms. The maximum atomic E-state index is 12.0. The molecule has 0 saturated carbocycles. The molecule has 1 fully saturated rings. The zero-order chi connectivity index (χ0) is 14.4. The molecular formula is C12H22N2O4S. The molecule has 3 N–H and O–H groups in total. The van der Waals surface area contributed by atoms with Gasteiger partial charge in [0.1, 0.15) is 6.04 Å². The van der Waals surface area contributed by atoms with Crippen molar-refractivity contribution in [3.05, 3.63) is 0 Å². The van der Waals surface area contributed by atoms with Crippen LogP contribution in [0.2, 0.25) is 0 Å². The number of thioether (sulfide) groups is 1. The molecule has 1 heterocycles. The number of carbonyl (C=O) groups excluding carboxylic acids is 1. The van der Waals surface area contributed by atoms with E-state index in [2.05, 4.69) is 5.32 Å². The summed E-state index contributed by atoms with van der Waals surface area (Å²) in [6, 6.07) is -1.27. The van der Waals surface area contributed by atoms with Crippen molar-refractivity contribution in [1.82, 2.24) is 10.2 Å². The van der Waals surface area contributed by atoms with Crippen molar-refractivity contribution >= 4 is 23.8 Å². The lowest BCUT2D eigenvalue weighted by Crippen LogP contribution is -2.53. The highest BCUT2D eigenvalue weighted by atomic mass is 32.2. The van der Waals surface area contributed by atoms with Crippen LogP contribution in [-0.4, -0.2) is 64.4 Å². The number of carboxylic acid groups (broad SMARTS) is 1. The SMILES string of the molecule is CSCCC(NC(=O)N1CCC(C)C(O)C1)C(=O)O. The quantitative estimate of drug-likeness (QED) is 0.690. The Kier molecular flexibility index (Phi) is 6.44. The number of urea groups is 1. The highest BCUT2D eigenvalue weighted by molar-refractivity contribution is 7.98. The Hall–Kier alpha value is -0.950. The number of aliphatic carboxylic acids is 1. The number of hydrogen-bond acceptors (Lipinski definition) is 4. The van der Waals surface area contributed by atoms with Gasteiger partial charge in [0.2, 0.25) is 0 Å². The van der Waals surface area contributed by atoms with E-state index in [9.17, 15) is 14.7 Å². The second kappa shape index (κ2) is 7.59. The largest absolute Gasteiger partial charge is 0.480 e. The van der Waals surface area contributed by atoms with Gasteiger partial charge in [0.05, 0.1) is 6.10 Å². The van der Waals surface area contributed by atoms with Gasteiger partial charge in [0, 0.05) is 13.1 Å². The van der Waals surface area contributed by atoms with Crippen LogP contribution in [0.1, 0.15) is 19.8 Å². The Bertz CT molecular complexity index is 327. The van der Waals surface area contributed by atoms with Crippen LogP contribution in [-0.2, 0) is 4.79 Å². The Morgan fingerprint density at radius 3 is 2.74 bits per heavy atom. The maximum absolute atomic E-state index is 12.0. The zero-order valence-corrected chi connectivity index (χ0v) is 12.2. The molecule has 7 heteroatoms. The summed E-state index contributed by atoms with van der Waals surface area (Å²) in [6.45, 7) is 2.76. The lowest BCUT2D eigenvalue weighted by Gasteiger charge is -2.34. The van der Waals surface area contributed by atoms with Crippen LogP contribution < -0.4 is 5.32 Å². The van der Waals surface area contributed by atoms with Crippen molar-refractivity contribution < 1.29 is 19.8 Å². The van der Waals surface area contributed by atoms with E-state index in [4.69, 9.17) is 5.11 Å². The summed E-state index contributed by atoms with van der Waals surface area (Å²) in [4.78, 5) is 24.5. The Balaban J connectivity index is 2.50. The highest BCUT2D eigenvalue weighted by Gasteiger charge is 2.29. The number of carbonyl (C=O) groups is 2. The number of β-amino-alcohol motifs (C(OH)–C–C–N with tert-alkyl or cyclic N) is 1. The smallest absolute Gasteiger partial charge is 0.326 e. The number of carboxylic acids is 1. The first-order valence-electron chi connectivity index (χ1n) is 6.41. The van der Waals surface area contributed by atoms with E-state index in [0.29, 0.717) is 18.7 Å². The fourth-order valence-corrected chi connectivity index (χ4v) is 2.44. The number of nitrogens with one attached hydrogen (secondary N) is 1. The molecule has 0 aliphatic carbocycles. The van der Waals surface area contributed by atoms with Crippen molar-refractivity contribution in [3.8, 4) is 0 Å². The van der Waals surface area contributed by atoms with Crippen LogP contribution in [0.4, 0.5) is 4.79 Å². The maximum Gasteiger partial charge on any atom is 0.326 e. The number of rotatable bonds is 5. The molecule has 19 heavy (non-hydrogen) atoms. The molecule has 1 aliphatic rings. The molecule has 0 aromatic heterocycles. The van der Waals surface area contributed by atoms with Crippen LogP contribution >= 0.6 is 11.8 Å². The van der Waals surface area contributed by atoms with Crippen molar-refractivity contribution in [1.29, 1.82) is 0 Å². The lowest BCUT2D eigenvalue weighted by atomic mass is 9.96. The summed E-state index contributed by atoms with van der Waals surface area (Å²) >= 11 is 1.54. The van der Waals surface area contributed by atoms with Crippen molar-refractivity contribution in [2.75, 3.05) is 25.1 Å². The second-order valence-corrected chi connectivity index (χ2v) is 5.89. The summed E-state index contributed by atoms with van der Waals surface area (Å²) in [6.07, 6.45) is 2.49. The number of nitrogens with zero attached hydrogens (tertiary/aromatic N) is 1. The normalized spacial score (nSPS) is 24.9. The van der Waals surface area contributed by atoms with Crippen molar-refractivity contribution in [3.63, 3.8) is 0 Å². The van der Waals surface area contributed by atoms with Gasteiger partial charge in [-0.3, -0.25) is 0 Å². The number of likely N-dealkylation sites (tertiary alicyclic amines) is 1. The first-order valence-corrected chi connectivity index (χ1v) is 7.80. The zero-order valence-electron chi connectivity index (χ0n) is 11.3. The summed E-state index contributed by atoms with van der Waals surface area (Å²) in [5.41, 5.74) is 0. The number of piperidine rings is 1. The molecule has 1 rings (SSSR count). The van der Waals surface area contributed by atoms with Crippen LogP contribution in [0.15, 0.2) is 0 Å². The van der Waals surface area contributed by atoms with E-state index < -0.39 is 24.1 Å². The van der Waals surface area contributed by atoms with Crippen molar-refractivity contribution in [2.45, 2.75) is 31.9 Å². The van der Waals surface area contributed by atoms with Crippen LogP contribution in [0, 0.1) is 5.92 Å². The highest BCUT2D eigenvalue weighted by Crippen LogP contribution is 2.17. The molecule has 1 saturated heterocycles. The summed E-state index contributed by atoms with van der Waals surface area (Å²) in [5, 5.41) is 21.3. The van der Waals surface area contributed by atoms with Gasteiger partial charge in [-0.05, 0) is 30.8 Å². The van der Waals surface area contributed by atoms with Crippen LogP contribution in [0.25, 0.3) is 0 Å². The monoisotopic (exact) mass is 290 g/mol. The molecule has 6 nitrogen and oxygen atoms in total. The van der Waals surface area contributed by atoms with Gasteiger partial charge in [-0.2, -0.15) is 11.8 Å².